The van der Waals surface area contributed by atoms with E-state index in [0.717, 1.165) is 11.2 Å². The van der Waals surface area contributed by atoms with Gasteiger partial charge in [0, 0.05) is 17.9 Å². The molecule has 2 aromatic rings. The molecule has 8 heteroatoms. The van der Waals surface area contributed by atoms with Gasteiger partial charge >= 0.3 is 13.1 Å². The Morgan fingerprint density at radius 2 is 1.61 bits per heavy atom. The van der Waals surface area contributed by atoms with Crippen molar-refractivity contribution in [1.29, 1.82) is 0 Å². The van der Waals surface area contributed by atoms with Gasteiger partial charge in [0.1, 0.15) is 6.04 Å². The van der Waals surface area contributed by atoms with Gasteiger partial charge in [-0.3, -0.25) is 4.79 Å². The Morgan fingerprint density at radius 1 is 1.00 bits per heavy atom. The second-order valence-corrected chi connectivity index (χ2v) is 8.98. The second-order valence-electron chi connectivity index (χ2n) is 8.98. The molecule has 0 aromatic heterocycles. The van der Waals surface area contributed by atoms with Crippen LogP contribution in [0.5, 0.6) is 0 Å². The standard InChI is InChI=1S/C23H28BN3O4/c1-22(2)23(3,4)31-24(30-22)16-10-12-18(13-11-16)27-15-14-19(20(27)28)26-21(29)25-17-8-6-5-7-9-17/h5-13,19H,14-15H2,1-4H3,(H2,25,26,29). The van der Waals surface area contributed by atoms with E-state index in [-0.39, 0.29) is 11.9 Å². The van der Waals surface area contributed by atoms with Gasteiger partial charge < -0.3 is 24.8 Å². The molecular formula is C23H28BN3O4. The number of urea groups is 1. The van der Waals surface area contributed by atoms with Gasteiger partial charge in [0.05, 0.1) is 11.2 Å². The van der Waals surface area contributed by atoms with E-state index >= 15 is 0 Å². The average Bonchev–Trinajstić information content (AvgIpc) is 3.18. The summed E-state index contributed by atoms with van der Waals surface area (Å²) in [4.78, 5) is 26.8. The lowest BCUT2D eigenvalue weighted by Gasteiger charge is -2.32. The van der Waals surface area contributed by atoms with Crippen LogP contribution >= 0.6 is 0 Å². The molecule has 0 bridgehead atoms. The highest BCUT2D eigenvalue weighted by Gasteiger charge is 2.51. The van der Waals surface area contributed by atoms with E-state index in [0.29, 0.717) is 18.7 Å². The van der Waals surface area contributed by atoms with Gasteiger partial charge in [0.25, 0.3) is 0 Å². The van der Waals surface area contributed by atoms with E-state index < -0.39 is 24.4 Å². The minimum Gasteiger partial charge on any atom is -0.399 e. The van der Waals surface area contributed by atoms with E-state index in [4.69, 9.17) is 9.31 Å². The molecule has 162 valence electrons. The molecule has 4 rings (SSSR count). The van der Waals surface area contributed by atoms with Crippen LogP contribution in [0.25, 0.3) is 0 Å². The summed E-state index contributed by atoms with van der Waals surface area (Å²) in [6, 6.07) is 15.8. The summed E-state index contributed by atoms with van der Waals surface area (Å²) in [7, 11) is -0.440. The predicted molar refractivity (Wildman–Crippen MR) is 122 cm³/mol. The second kappa shape index (κ2) is 8.02. The van der Waals surface area contributed by atoms with Crippen LogP contribution in [0.1, 0.15) is 34.1 Å². The molecule has 2 aliphatic heterocycles. The molecule has 31 heavy (non-hydrogen) atoms. The molecule has 0 spiro atoms. The first-order chi connectivity index (χ1) is 14.7. The fourth-order valence-electron chi connectivity index (χ4n) is 3.71. The zero-order valence-electron chi connectivity index (χ0n) is 18.3. The Labute approximate surface area is 183 Å². The van der Waals surface area contributed by atoms with Crippen LogP contribution in [0.4, 0.5) is 16.2 Å². The summed E-state index contributed by atoms with van der Waals surface area (Å²) in [5, 5.41) is 5.52. The molecule has 2 heterocycles. The third kappa shape index (κ3) is 4.31. The number of anilines is 2. The number of carbonyl (C=O) groups is 2. The number of nitrogens with zero attached hydrogens (tertiary/aromatic N) is 1. The predicted octanol–water partition coefficient (Wildman–Crippen LogP) is 2.91. The quantitative estimate of drug-likeness (QED) is 0.745. The minimum absolute atomic E-state index is 0.119. The zero-order valence-corrected chi connectivity index (χ0v) is 18.3. The van der Waals surface area contributed by atoms with Gasteiger partial charge in [-0.1, -0.05) is 30.3 Å². The van der Waals surface area contributed by atoms with Gasteiger partial charge in [-0.2, -0.15) is 0 Å². The van der Waals surface area contributed by atoms with E-state index in [1.165, 1.54) is 0 Å². The first-order valence-corrected chi connectivity index (χ1v) is 10.6. The fraction of sp³-hybridized carbons (Fsp3) is 0.391. The normalized spacial score (nSPS) is 21.9. The Kier molecular flexibility index (Phi) is 5.53. The minimum atomic E-state index is -0.550. The maximum absolute atomic E-state index is 12.8. The molecule has 0 radical (unpaired) electrons. The monoisotopic (exact) mass is 421 g/mol. The first-order valence-electron chi connectivity index (χ1n) is 10.6. The zero-order chi connectivity index (χ0) is 22.2. The number of rotatable bonds is 4. The van der Waals surface area contributed by atoms with Crippen molar-refractivity contribution in [3.05, 3.63) is 54.6 Å². The van der Waals surface area contributed by atoms with Crippen LogP contribution in [0.15, 0.2) is 54.6 Å². The number of carbonyl (C=O) groups excluding carboxylic acids is 2. The summed E-state index contributed by atoms with van der Waals surface area (Å²) < 4.78 is 12.2. The molecule has 3 amide bonds. The summed E-state index contributed by atoms with van der Waals surface area (Å²) in [6.07, 6.45) is 0.556. The van der Waals surface area contributed by atoms with Crippen molar-refractivity contribution in [2.24, 2.45) is 0 Å². The molecule has 2 aliphatic rings. The Balaban J connectivity index is 1.37. The van der Waals surface area contributed by atoms with Crippen LogP contribution < -0.4 is 21.0 Å². The Morgan fingerprint density at radius 3 is 2.23 bits per heavy atom. The number of amides is 3. The number of hydrogen-bond donors (Lipinski definition) is 2. The Hall–Kier alpha value is -2.84. The van der Waals surface area contributed by atoms with E-state index in [2.05, 4.69) is 10.6 Å². The topological polar surface area (TPSA) is 79.9 Å². The van der Waals surface area contributed by atoms with E-state index in [1.807, 2.05) is 70.2 Å². The van der Waals surface area contributed by atoms with E-state index in [1.54, 1.807) is 17.0 Å². The Bertz CT molecular complexity index is 947. The number of nitrogens with one attached hydrogen (secondary N) is 2. The number of hydrogen-bond acceptors (Lipinski definition) is 4. The van der Waals surface area contributed by atoms with Gasteiger partial charge in [0.15, 0.2) is 0 Å². The number of benzene rings is 2. The average molecular weight is 421 g/mol. The molecule has 2 N–H and O–H groups in total. The molecular weight excluding hydrogens is 393 g/mol. The highest BCUT2D eigenvalue weighted by atomic mass is 16.7. The molecule has 2 saturated heterocycles. The van der Waals surface area contributed by atoms with Gasteiger partial charge in [-0.15, -0.1) is 0 Å². The van der Waals surface area contributed by atoms with Crippen LogP contribution in [0.3, 0.4) is 0 Å². The first kappa shape index (κ1) is 21.4. The molecule has 1 atom stereocenters. The molecule has 0 aliphatic carbocycles. The van der Waals surface area contributed by atoms with E-state index in [9.17, 15) is 9.59 Å². The van der Waals surface area contributed by atoms with Crippen LogP contribution in [0.2, 0.25) is 0 Å². The lowest BCUT2D eigenvalue weighted by Crippen LogP contribution is -2.43. The summed E-state index contributed by atoms with van der Waals surface area (Å²) in [6.45, 7) is 8.62. The highest BCUT2D eigenvalue weighted by Crippen LogP contribution is 2.36. The van der Waals surface area contributed by atoms with Crippen LogP contribution in [-0.2, 0) is 14.1 Å². The van der Waals surface area contributed by atoms with Crippen molar-refractivity contribution in [3.63, 3.8) is 0 Å². The van der Waals surface area contributed by atoms with Gasteiger partial charge in [-0.25, -0.2) is 4.79 Å². The summed E-state index contributed by atoms with van der Waals surface area (Å²) in [5.41, 5.74) is 1.57. The van der Waals surface area contributed by atoms with Crippen molar-refractivity contribution in [2.75, 3.05) is 16.8 Å². The largest absolute Gasteiger partial charge is 0.494 e. The molecule has 7 nitrogen and oxygen atoms in total. The fourth-order valence-corrected chi connectivity index (χ4v) is 3.71. The lowest BCUT2D eigenvalue weighted by molar-refractivity contribution is -0.118. The highest BCUT2D eigenvalue weighted by molar-refractivity contribution is 6.62. The number of para-hydroxylation sites is 1. The third-order valence-electron chi connectivity index (χ3n) is 6.27. The van der Waals surface area contributed by atoms with Crippen molar-refractivity contribution >= 4 is 35.9 Å². The van der Waals surface area contributed by atoms with Gasteiger partial charge in [0.2, 0.25) is 5.91 Å². The smallest absolute Gasteiger partial charge is 0.399 e. The van der Waals surface area contributed by atoms with Crippen LogP contribution in [0, 0.1) is 0 Å². The molecule has 0 saturated carbocycles. The SMILES string of the molecule is CC1(C)OB(c2ccc(N3CCC(NC(=O)Nc4ccccc4)C3=O)cc2)OC1(C)C. The maximum atomic E-state index is 12.8. The van der Waals surface area contributed by atoms with Crippen molar-refractivity contribution in [1.82, 2.24) is 5.32 Å². The van der Waals surface area contributed by atoms with Crippen LogP contribution in [-0.4, -0.2) is 42.8 Å². The van der Waals surface area contributed by atoms with Crippen molar-refractivity contribution < 1.29 is 18.9 Å². The van der Waals surface area contributed by atoms with Crippen molar-refractivity contribution in [2.45, 2.75) is 51.4 Å². The van der Waals surface area contributed by atoms with Crippen molar-refractivity contribution in [3.8, 4) is 0 Å². The van der Waals surface area contributed by atoms with Gasteiger partial charge in [-0.05, 0) is 63.8 Å². The maximum Gasteiger partial charge on any atom is 0.494 e. The third-order valence-corrected chi connectivity index (χ3v) is 6.27. The molecule has 2 aromatic carbocycles. The lowest BCUT2D eigenvalue weighted by atomic mass is 9.79. The molecule has 1 unspecified atom stereocenters. The summed E-state index contributed by atoms with van der Waals surface area (Å²) >= 11 is 0. The molecule has 2 fully saturated rings. The summed E-state index contributed by atoms with van der Waals surface area (Å²) in [5.74, 6) is -0.119.